The summed E-state index contributed by atoms with van der Waals surface area (Å²) >= 11 is 0. The topological polar surface area (TPSA) is 27.7 Å². The van der Waals surface area contributed by atoms with Gasteiger partial charge in [0, 0.05) is 5.56 Å². The van der Waals surface area contributed by atoms with Crippen molar-refractivity contribution in [1.82, 2.24) is 0 Å². The van der Waals surface area contributed by atoms with Crippen molar-refractivity contribution in [3.8, 4) is 18.1 Å². The fraction of sp³-hybridized carbons (Fsp3) is 0.429. The van der Waals surface area contributed by atoms with Crippen LogP contribution < -0.4 is 4.74 Å². The summed E-state index contributed by atoms with van der Waals surface area (Å²) in [6.07, 6.45) is 5.26. The summed E-state index contributed by atoms with van der Waals surface area (Å²) in [5.41, 5.74) is 0.846. The van der Waals surface area contributed by atoms with E-state index in [1.165, 1.54) is 0 Å². The molecule has 2 rings (SSSR count). The molecule has 0 amide bonds. The monoisotopic (exact) mass is 232 g/mol. The standard InChI is InChI=1S/C14H16O3/c1-4-11-5-7-12(8-6-11)15-9-13-10-16-14(2,3)17-13/h1,5-8,13H,9-10H2,2-3H3/t13-/m0/s1. The molecule has 1 aliphatic rings. The minimum atomic E-state index is -0.499. The summed E-state index contributed by atoms with van der Waals surface area (Å²) in [7, 11) is 0. The van der Waals surface area contributed by atoms with Crippen LogP contribution in [0.15, 0.2) is 24.3 Å². The van der Waals surface area contributed by atoms with Crippen LogP contribution in [0.1, 0.15) is 19.4 Å². The Bertz CT molecular complexity index is 414. The van der Waals surface area contributed by atoms with Gasteiger partial charge >= 0.3 is 0 Å². The van der Waals surface area contributed by atoms with E-state index in [0.717, 1.165) is 11.3 Å². The molecule has 1 fully saturated rings. The second kappa shape index (κ2) is 4.79. The number of benzene rings is 1. The molecule has 1 aromatic carbocycles. The molecule has 1 saturated heterocycles. The highest BCUT2D eigenvalue weighted by atomic mass is 16.7. The molecule has 0 radical (unpaired) electrons. The average Bonchev–Trinajstić information content (AvgIpc) is 2.67. The number of terminal acetylenes is 1. The molecule has 17 heavy (non-hydrogen) atoms. The Hall–Kier alpha value is -1.50. The molecule has 1 atom stereocenters. The molecule has 1 heterocycles. The summed E-state index contributed by atoms with van der Waals surface area (Å²) in [4.78, 5) is 0. The Morgan fingerprint density at radius 2 is 2.12 bits per heavy atom. The minimum Gasteiger partial charge on any atom is -0.491 e. The van der Waals surface area contributed by atoms with Crippen molar-refractivity contribution in [3.05, 3.63) is 29.8 Å². The number of rotatable bonds is 3. The quantitative estimate of drug-likeness (QED) is 0.748. The van der Waals surface area contributed by atoms with Gasteiger partial charge in [-0.1, -0.05) is 5.92 Å². The summed E-state index contributed by atoms with van der Waals surface area (Å²) in [5.74, 6) is 2.85. The molecule has 0 aliphatic carbocycles. The van der Waals surface area contributed by atoms with E-state index in [1.54, 1.807) is 0 Å². The molecule has 0 saturated carbocycles. The van der Waals surface area contributed by atoms with Crippen molar-refractivity contribution in [1.29, 1.82) is 0 Å². The fourth-order valence-electron chi connectivity index (χ4n) is 1.68. The highest BCUT2D eigenvalue weighted by Gasteiger charge is 2.32. The zero-order valence-corrected chi connectivity index (χ0v) is 10.1. The largest absolute Gasteiger partial charge is 0.491 e. The maximum absolute atomic E-state index is 5.64. The Labute approximate surface area is 102 Å². The van der Waals surface area contributed by atoms with Gasteiger partial charge in [0.25, 0.3) is 0 Å². The van der Waals surface area contributed by atoms with E-state index in [2.05, 4.69) is 5.92 Å². The molecule has 3 heteroatoms. The highest BCUT2D eigenvalue weighted by molar-refractivity contribution is 5.36. The van der Waals surface area contributed by atoms with E-state index in [1.807, 2.05) is 38.1 Å². The molecular weight excluding hydrogens is 216 g/mol. The first-order valence-electron chi connectivity index (χ1n) is 5.60. The van der Waals surface area contributed by atoms with E-state index >= 15 is 0 Å². The van der Waals surface area contributed by atoms with Gasteiger partial charge in [0.1, 0.15) is 18.5 Å². The summed E-state index contributed by atoms with van der Waals surface area (Å²) in [6.45, 7) is 4.84. The first-order chi connectivity index (χ1) is 8.09. The summed E-state index contributed by atoms with van der Waals surface area (Å²) in [5, 5.41) is 0. The zero-order chi connectivity index (χ0) is 12.3. The van der Waals surface area contributed by atoms with Gasteiger partial charge in [0.05, 0.1) is 6.61 Å². The van der Waals surface area contributed by atoms with Crippen LogP contribution in [0.25, 0.3) is 0 Å². The fourth-order valence-corrected chi connectivity index (χ4v) is 1.68. The minimum absolute atomic E-state index is 0.0164. The van der Waals surface area contributed by atoms with Gasteiger partial charge in [-0.05, 0) is 38.1 Å². The van der Waals surface area contributed by atoms with Crippen LogP contribution in [-0.4, -0.2) is 25.1 Å². The lowest BCUT2D eigenvalue weighted by Gasteiger charge is -2.17. The molecule has 90 valence electrons. The molecule has 0 N–H and O–H groups in total. The third-order valence-corrected chi connectivity index (χ3v) is 2.52. The normalized spacial score (nSPS) is 22.1. The first kappa shape index (κ1) is 12.0. The van der Waals surface area contributed by atoms with E-state index in [0.29, 0.717) is 13.2 Å². The predicted molar refractivity (Wildman–Crippen MR) is 64.8 cm³/mol. The predicted octanol–water partition coefficient (Wildman–Crippen LogP) is 2.20. The smallest absolute Gasteiger partial charge is 0.163 e. The molecule has 0 spiro atoms. The Morgan fingerprint density at radius 3 is 2.65 bits per heavy atom. The first-order valence-corrected chi connectivity index (χ1v) is 5.60. The second-order valence-electron chi connectivity index (χ2n) is 4.43. The van der Waals surface area contributed by atoms with Crippen LogP contribution in [0.3, 0.4) is 0 Å². The molecule has 0 bridgehead atoms. The SMILES string of the molecule is C#Cc1ccc(OC[C@H]2COC(C)(C)O2)cc1. The molecule has 0 unspecified atom stereocenters. The van der Waals surface area contributed by atoms with Crippen LogP contribution in [-0.2, 0) is 9.47 Å². The third kappa shape index (κ3) is 3.23. The van der Waals surface area contributed by atoms with Crippen molar-refractivity contribution >= 4 is 0 Å². The summed E-state index contributed by atoms with van der Waals surface area (Å²) < 4.78 is 16.7. The molecule has 1 aromatic rings. The highest BCUT2D eigenvalue weighted by Crippen LogP contribution is 2.23. The lowest BCUT2D eigenvalue weighted by molar-refractivity contribution is -0.141. The van der Waals surface area contributed by atoms with Crippen LogP contribution >= 0.6 is 0 Å². The van der Waals surface area contributed by atoms with Crippen LogP contribution in [0.4, 0.5) is 0 Å². The van der Waals surface area contributed by atoms with Gasteiger partial charge in [-0.2, -0.15) is 0 Å². The zero-order valence-electron chi connectivity index (χ0n) is 10.1. The van der Waals surface area contributed by atoms with Crippen LogP contribution in [0.2, 0.25) is 0 Å². The van der Waals surface area contributed by atoms with Gasteiger partial charge in [-0.25, -0.2) is 0 Å². The molecule has 0 aromatic heterocycles. The lowest BCUT2D eigenvalue weighted by Crippen LogP contribution is -2.25. The van der Waals surface area contributed by atoms with Crippen LogP contribution in [0, 0.1) is 12.3 Å². The van der Waals surface area contributed by atoms with Crippen molar-refractivity contribution in [2.75, 3.05) is 13.2 Å². The molecule has 3 nitrogen and oxygen atoms in total. The van der Waals surface area contributed by atoms with Crippen molar-refractivity contribution < 1.29 is 14.2 Å². The Kier molecular flexibility index (Phi) is 3.37. The third-order valence-electron chi connectivity index (χ3n) is 2.52. The number of ether oxygens (including phenoxy) is 3. The maximum atomic E-state index is 5.64. The maximum Gasteiger partial charge on any atom is 0.163 e. The second-order valence-corrected chi connectivity index (χ2v) is 4.43. The average molecular weight is 232 g/mol. The molecule has 1 aliphatic heterocycles. The van der Waals surface area contributed by atoms with Gasteiger partial charge in [0.2, 0.25) is 0 Å². The number of hydrogen-bond donors (Lipinski definition) is 0. The Balaban J connectivity index is 1.84. The van der Waals surface area contributed by atoms with E-state index in [-0.39, 0.29) is 6.10 Å². The van der Waals surface area contributed by atoms with Gasteiger partial charge in [0.15, 0.2) is 5.79 Å². The van der Waals surface area contributed by atoms with Gasteiger partial charge in [-0.15, -0.1) is 6.42 Å². The van der Waals surface area contributed by atoms with Gasteiger partial charge < -0.3 is 14.2 Å². The molecular formula is C14H16O3. The Morgan fingerprint density at radius 1 is 1.41 bits per heavy atom. The van der Waals surface area contributed by atoms with E-state index < -0.39 is 5.79 Å². The van der Waals surface area contributed by atoms with Crippen molar-refractivity contribution in [2.24, 2.45) is 0 Å². The van der Waals surface area contributed by atoms with E-state index in [4.69, 9.17) is 20.6 Å². The van der Waals surface area contributed by atoms with Crippen molar-refractivity contribution in [2.45, 2.75) is 25.7 Å². The summed E-state index contributed by atoms with van der Waals surface area (Å²) in [6, 6.07) is 7.42. The van der Waals surface area contributed by atoms with Gasteiger partial charge in [-0.3, -0.25) is 0 Å². The van der Waals surface area contributed by atoms with Crippen molar-refractivity contribution in [3.63, 3.8) is 0 Å². The lowest BCUT2D eigenvalue weighted by atomic mass is 10.2. The van der Waals surface area contributed by atoms with E-state index in [9.17, 15) is 0 Å². The van der Waals surface area contributed by atoms with Crippen LogP contribution in [0.5, 0.6) is 5.75 Å². The number of hydrogen-bond acceptors (Lipinski definition) is 3.